The molecule has 0 bridgehead atoms. The molecule has 0 unspecified atom stereocenters. The summed E-state index contributed by atoms with van der Waals surface area (Å²) in [7, 11) is 1.54. The second-order valence-corrected chi connectivity index (χ2v) is 5.21. The van der Waals surface area contributed by atoms with Crippen LogP contribution in [-0.2, 0) is 4.74 Å². The van der Waals surface area contributed by atoms with Crippen LogP contribution in [-0.4, -0.2) is 44.0 Å². The summed E-state index contributed by atoms with van der Waals surface area (Å²) in [5.74, 6) is -0.325. The zero-order valence-corrected chi connectivity index (χ0v) is 12.8. The molecule has 0 saturated carbocycles. The van der Waals surface area contributed by atoms with Crippen LogP contribution in [0.15, 0.2) is 24.3 Å². The van der Waals surface area contributed by atoms with Gasteiger partial charge >= 0.3 is 6.36 Å². The van der Waals surface area contributed by atoms with E-state index < -0.39 is 6.36 Å². The van der Waals surface area contributed by atoms with E-state index in [-0.39, 0.29) is 17.6 Å². The number of hydrogen-bond donors (Lipinski definition) is 0. The maximum Gasteiger partial charge on any atom is 0.573 e. The maximum absolute atomic E-state index is 12.4. The molecule has 4 nitrogen and oxygen atoms in total. The van der Waals surface area contributed by atoms with E-state index in [9.17, 15) is 18.0 Å². The van der Waals surface area contributed by atoms with Crippen molar-refractivity contribution in [1.29, 1.82) is 0 Å². The second kappa shape index (κ2) is 8.03. The van der Waals surface area contributed by atoms with Crippen LogP contribution < -0.4 is 4.74 Å². The first-order valence-corrected chi connectivity index (χ1v) is 6.87. The standard InChI is InChI=1S/C15H20F3NO3/c1-11(2)10-19(8-9-21-3)14(20)12-4-6-13(7-5-12)22-15(16,17)18/h4-7,11H,8-10H2,1-3H3. The molecule has 1 aromatic rings. The van der Waals surface area contributed by atoms with Crippen molar-refractivity contribution in [3.8, 4) is 5.75 Å². The minimum Gasteiger partial charge on any atom is -0.406 e. The maximum atomic E-state index is 12.4. The number of hydrogen-bond acceptors (Lipinski definition) is 3. The van der Waals surface area contributed by atoms with E-state index in [0.717, 1.165) is 12.1 Å². The molecule has 0 aliphatic rings. The average Bonchev–Trinajstić information content (AvgIpc) is 2.41. The summed E-state index contributed by atoms with van der Waals surface area (Å²) in [6.45, 7) is 5.33. The third-order valence-corrected chi connectivity index (χ3v) is 2.77. The van der Waals surface area contributed by atoms with Crippen LogP contribution in [0.4, 0.5) is 13.2 Å². The number of amides is 1. The Morgan fingerprint density at radius 1 is 1.23 bits per heavy atom. The molecule has 22 heavy (non-hydrogen) atoms. The highest BCUT2D eigenvalue weighted by Gasteiger charge is 2.31. The summed E-state index contributed by atoms with van der Waals surface area (Å²) in [5, 5.41) is 0. The molecule has 1 amide bonds. The highest BCUT2D eigenvalue weighted by molar-refractivity contribution is 5.94. The Balaban J connectivity index is 2.80. The third-order valence-electron chi connectivity index (χ3n) is 2.77. The van der Waals surface area contributed by atoms with Crippen molar-refractivity contribution in [3.63, 3.8) is 0 Å². The van der Waals surface area contributed by atoms with Crippen molar-refractivity contribution < 1.29 is 27.4 Å². The van der Waals surface area contributed by atoms with E-state index in [1.54, 1.807) is 12.0 Å². The fraction of sp³-hybridized carbons (Fsp3) is 0.533. The summed E-state index contributed by atoms with van der Waals surface area (Å²) in [5.41, 5.74) is 0.311. The number of methoxy groups -OCH3 is 1. The molecule has 0 aliphatic heterocycles. The Morgan fingerprint density at radius 3 is 2.27 bits per heavy atom. The summed E-state index contributed by atoms with van der Waals surface area (Å²) in [6, 6.07) is 4.91. The van der Waals surface area contributed by atoms with Gasteiger partial charge in [-0.3, -0.25) is 4.79 Å². The molecule has 0 spiro atoms. The number of ether oxygens (including phenoxy) is 2. The molecule has 0 heterocycles. The molecule has 0 atom stereocenters. The van der Waals surface area contributed by atoms with Gasteiger partial charge in [-0.05, 0) is 30.2 Å². The smallest absolute Gasteiger partial charge is 0.406 e. The predicted octanol–water partition coefficient (Wildman–Crippen LogP) is 3.33. The van der Waals surface area contributed by atoms with Crippen molar-refractivity contribution in [2.24, 2.45) is 5.92 Å². The number of nitrogens with zero attached hydrogens (tertiary/aromatic N) is 1. The van der Waals surface area contributed by atoms with Crippen molar-refractivity contribution in [3.05, 3.63) is 29.8 Å². The topological polar surface area (TPSA) is 38.8 Å². The van der Waals surface area contributed by atoms with Crippen molar-refractivity contribution in [2.45, 2.75) is 20.2 Å². The van der Waals surface area contributed by atoms with Gasteiger partial charge in [0.05, 0.1) is 6.61 Å². The quantitative estimate of drug-likeness (QED) is 0.774. The van der Waals surface area contributed by atoms with Crippen LogP contribution in [0.25, 0.3) is 0 Å². The molecule has 0 N–H and O–H groups in total. The van der Waals surface area contributed by atoms with Gasteiger partial charge in [-0.2, -0.15) is 0 Å². The van der Waals surface area contributed by atoms with Gasteiger partial charge in [-0.25, -0.2) is 0 Å². The SMILES string of the molecule is COCCN(CC(C)C)C(=O)c1ccc(OC(F)(F)F)cc1. The fourth-order valence-corrected chi connectivity index (χ4v) is 1.90. The van der Waals surface area contributed by atoms with Crippen molar-refractivity contribution in [1.82, 2.24) is 4.90 Å². The first-order valence-electron chi connectivity index (χ1n) is 6.87. The Labute approximate surface area is 127 Å². The van der Waals surface area contributed by atoms with E-state index in [2.05, 4.69) is 4.74 Å². The Morgan fingerprint density at radius 2 is 1.82 bits per heavy atom. The molecular weight excluding hydrogens is 299 g/mol. The molecule has 7 heteroatoms. The number of carbonyl (C=O) groups is 1. The molecule has 0 fully saturated rings. The van der Waals surface area contributed by atoms with Crippen LogP contribution >= 0.6 is 0 Å². The van der Waals surface area contributed by atoms with Gasteiger partial charge in [0, 0.05) is 25.8 Å². The van der Waals surface area contributed by atoms with E-state index in [0.29, 0.717) is 25.3 Å². The summed E-state index contributed by atoms with van der Waals surface area (Å²) in [4.78, 5) is 14.0. The number of carbonyl (C=O) groups excluding carboxylic acids is 1. The zero-order chi connectivity index (χ0) is 16.8. The second-order valence-electron chi connectivity index (χ2n) is 5.21. The minimum atomic E-state index is -4.74. The monoisotopic (exact) mass is 319 g/mol. The van der Waals surface area contributed by atoms with Gasteiger partial charge in [0.25, 0.3) is 5.91 Å². The number of benzene rings is 1. The van der Waals surface area contributed by atoms with Crippen molar-refractivity contribution >= 4 is 5.91 Å². The summed E-state index contributed by atoms with van der Waals surface area (Å²) < 4.78 is 45.1. The van der Waals surface area contributed by atoms with Crippen LogP contribution in [0.2, 0.25) is 0 Å². The van der Waals surface area contributed by atoms with Crippen molar-refractivity contribution in [2.75, 3.05) is 26.8 Å². The van der Waals surface area contributed by atoms with Crippen LogP contribution in [0, 0.1) is 5.92 Å². The molecule has 0 aliphatic carbocycles. The van der Waals surface area contributed by atoms with Gasteiger partial charge in [-0.1, -0.05) is 13.8 Å². The molecule has 0 radical (unpaired) electrons. The fourth-order valence-electron chi connectivity index (χ4n) is 1.90. The largest absolute Gasteiger partial charge is 0.573 e. The van der Waals surface area contributed by atoms with Gasteiger partial charge in [-0.15, -0.1) is 13.2 Å². The number of halogens is 3. The lowest BCUT2D eigenvalue weighted by Crippen LogP contribution is -2.36. The summed E-state index contributed by atoms with van der Waals surface area (Å²) >= 11 is 0. The van der Waals surface area contributed by atoms with Gasteiger partial charge in [0.15, 0.2) is 0 Å². The highest BCUT2D eigenvalue weighted by Crippen LogP contribution is 2.23. The molecular formula is C15H20F3NO3. The summed E-state index contributed by atoms with van der Waals surface area (Å²) in [6.07, 6.45) is -4.74. The first kappa shape index (κ1) is 18.3. The van der Waals surface area contributed by atoms with Gasteiger partial charge in [0.1, 0.15) is 5.75 Å². The van der Waals surface area contributed by atoms with Crippen LogP contribution in [0.5, 0.6) is 5.75 Å². The Bertz CT molecular complexity index is 472. The number of alkyl halides is 3. The first-order chi connectivity index (χ1) is 10.2. The lowest BCUT2D eigenvalue weighted by molar-refractivity contribution is -0.274. The van der Waals surface area contributed by atoms with Crippen LogP contribution in [0.1, 0.15) is 24.2 Å². The Kier molecular flexibility index (Phi) is 6.67. The predicted molar refractivity (Wildman–Crippen MR) is 75.7 cm³/mol. The van der Waals surface area contributed by atoms with Crippen LogP contribution in [0.3, 0.4) is 0 Å². The number of rotatable bonds is 7. The molecule has 0 saturated heterocycles. The van der Waals surface area contributed by atoms with E-state index in [1.807, 2.05) is 13.8 Å². The highest BCUT2D eigenvalue weighted by atomic mass is 19.4. The normalized spacial score (nSPS) is 11.6. The Hall–Kier alpha value is -1.76. The average molecular weight is 319 g/mol. The molecule has 1 rings (SSSR count). The lowest BCUT2D eigenvalue weighted by atomic mass is 10.1. The van der Waals surface area contributed by atoms with E-state index >= 15 is 0 Å². The third kappa shape index (κ3) is 6.34. The molecule has 1 aromatic carbocycles. The molecule has 124 valence electrons. The molecule has 0 aromatic heterocycles. The van der Waals surface area contributed by atoms with Gasteiger partial charge in [0.2, 0.25) is 0 Å². The minimum absolute atomic E-state index is 0.246. The van der Waals surface area contributed by atoms with E-state index in [1.165, 1.54) is 12.1 Å². The van der Waals surface area contributed by atoms with Gasteiger partial charge < -0.3 is 14.4 Å². The zero-order valence-electron chi connectivity index (χ0n) is 12.8. The van der Waals surface area contributed by atoms with E-state index in [4.69, 9.17) is 4.74 Å². The lowest BCUT2D eigenvalue weighted by Gasteiger charge is -2.24.